The molecule has 1 rings (SSSR count). The Morgan fingerprint density at radius 1 is 1.36 bits per heavy atom. The van der Waals surface area contributed by atoms with Crippen LogP contribution in [0.4, 0.5) is 0 Å². The number of aliphatic carboxylic acids is 1. The summed E-state index contributed by atoms with van der Waals surface area (Å²) in [6, 6.07) is 4.63. The number of hydrogen-bond acceptors (Lipinski definition) is 5. The van der Waals surface area contributed by atoms with Crippen LogP contribution in [0.25, 0.3) is 6.08 Å². The van der Waals surface area contributed by atoms with E-state index in [1.54, 1.807) is 12.1 Å². The number of carboxylic acid groups (broad SMARTS) is 1. The van der Waals surface area contributed by atoms with Crippen molar-refractivity contribution >= 4 is 18.0 Å². The van der Waals surface area contributed by atoms with E-state index < -0.39 is 18.2 Å². The second-order valence-electron chi connectivity index (χ2n) is 4.62. The molecule has 1 amide bonds. The van der Waals surface area contributed by atoms with Crippen molar-refractivity contribution in [1.29, 1.82) is 0 Å². The Bertz CT molecular complexity index is 569. The number of carboxylic acids is 1. The van der Waals surface area contributed by atoms with Crippen LogP contribution in [0.5, 0.6) is 5.75 Å². The normalized spacial score (nSPS) is 13.6. The summed E-state index contributed by atoms with van der Waals surface area (Å²) in [6.07, 6.45) is -0.136. The number of nitrogens with one attached hydrogen (secondary N) is 1. The Balaban J connectivity index is 2.97. The van der Waals surface area contributed by atoms with E-state index in [0.717, 1.165) is 6.08 Å². The van der Waals surface area contributed by atoms with Gasteiger partial charge in [0.1, 0.15) is 18.0 Å². The molecular weight excluding hydrogens is 290 g/mol. The third kappa shape index (κ3) is 5.19. The average molecular weight is 309 g/mol. The van der Waals surface area contributed by atoms with Gasteiger partial charge in [-0.2, -0.15) is 0 Å². The maximum atomic E-state index is 10.8. The molecule has 0 aliphatic rings. The molecular formula is C15H19NO6. The molecule has 7 heteroatoms. The van der Waals surface area contributed by atoms with Crippen LogP contribution in [0.3, 0.4) is 0 Å². The first-order chi connectivity index (χ1) is 10.3. The molecule has 0 saturated heterocycles. The summed E-state index contributed by atoms with van der Waals surface area (Å²) in [6.45, 7) is 1.21. The number of hydrogen-bond donors (Lipinski definition) is 4. The summed E-state index contributed by atoms with van der Waals surface area (Å²) in [5.41, 5.74) is 0.830. The fraction of sp³-hybridized carbons (Fsp3) is 0.333. The summed E-state index contributed by atoms with van der Waals surface area (Å²) >= 11 is 0. The van der Waals surface area contributed by atoms with Gasteiger partial charge in [0, 0.05) is 25.1 Å². The van der Waals surface area contributed by atoms with Gasteiger partial charge < -0.3 is 25.4 Å². The van der Waals surface area contributed by atoms with E-state index in [1.807, 2.05) is 0 Å². The van der Waals surface area contributed by atoms with E-state index in [-0.39, 0.29) is 12.5 Å². The molecule has 0 fully saturated rings. The lowest BCUT2D eigenvalue weighted by Crippen LogP contribution is -2.34. The lowest BCUT2D eigenvalue weighted by Gasteiger charge is -2.19. The van der Waals surface area contributed by atoms with Gasteiger partial charge in [-0.05, 0) is 23.8 Å². The van der Waals surface area contributed by atoms with Crippen LogP contribution in [-0.4, -0.2) is 47.0 Å². The molecule has 120 valence electrons. The molecule has 0 aromatic heterocycles. The third-order valence-corrected chi connectivity index (χ3v) is 2.93. The second kappa shape index (κ2) is 8.16. The molecule has 0 aliphatic heterocycles. The topological polar surface area (TPSA) is 116 Å². The van der Waals surface area contributed by atoms with Gasteiger partial charge in [-0.1, -0.05) is 6.07 Å². The molecule has 2 atom stereocenters. The Morgan fingerprint density at radius 3 is 2.59 bits per heavy atom. The largest absolute Gasteiger partial charge is 0.496 e. The molecule has 7 nitrogen and oxygen atoms in total. The maximum Gasteiger partial charge on any atom is 0.328 e. The minimum atomic E-state index is -1.23. The number of carbonyl (C=O) groups excluding carboxylic acids is 1. The van der Waals surface area contributed by atoms with Crippen molar-refractivity contribution < 1.29 is 29.6 Å². The molecule has 0 spiro atoms. The number of aliphatic hydroxyl groups is 2. The standard InChI is InChI=1S/C15H19NO6/c1-9(17)16-8-12(18)15(21)11-3-5-13(22-2)10(7-11)4-6-14(19)20/h3-7,12,15,18,21H,8H2,1-2H3,(H,16,17)(H,19,20)/b6-4+. The maximum absolute atomic E-state index is 10.8. The first-order valence-corrected chi connectivity index (χ1v) is 6.54. The molecule has 0 radical (unpaired) electrons. The van der Waals surface area contributed by atoms with Crippen molar-refractivity contribution in [3.05, 3.63) is 35.4 Å². The fourth-order valence-electron chi connectivity index (χ4n) is 1.81. The predicted molar refractivity (Wildman–Crippen MR) is 79.3 cm³/mol. The highest BCUT2D eigenvalue weighted by atomic mass is 16.5. The van der Waals surface area contributed by atoms with Crippen LogP contribution < -0.4 is 10.1 Å². The third-order valence-electron chi connectivity index (χ3n) is 2.93. The number of ether oxygens (including phenoxy) is 1. The van der Waals surface area contributed by atoms with Crippen LogP contribution >= 0.6 is 0 Å². The Hall–Kier alpha value is -2.38. The summed E-state index contributed by atoms with van der Waals surface area (Å²) in [5.74, 6) is -0.991. The molecule has 0 saturated carbocycles. The average Bonchev–Trinajstić information content (AvgIpc) is 2.49. The van der Waals surface area contributed by atoms with Crippen molar-refractivity contribution in [2.75, 3.05) is 13.7 Å². The Labute approximate surface area is 127 Å². The number of benzene rings is 1. The van der Waals surface area contributed by atoms with Crippen LogP contribution in [0.1, 0.15) is 24.2 Å². The minimum absolute atomic E-state index is 0.0944. The summed E-state index contributed by atoms with van der Waals surface area (Å²) in [7, 11) is 1.44. The molecule has 1 aromatic rings. The fourth-order valence-corrected chi connectivity index (χ4v) is 1.81. The molecule has 0 heterocycles. The quantitative estimate of drug-likeness (QED) is 0.539. The van der Waals surface area contributed by atoms with E-state index in [2.05, 4.69) is 5.32 Å². The molecule has 0 bridgehead atoms. The second-order valence-corrected chi connectivity index (χ2v) is 4.62. The highest BCUT2D eigenvalue weighted by Crippen LogP contribution is 2.26. The Kier molecular flexibility index (Phi) is 6.55. The van der Waals surface area contributed by atoms with Crippen molar-refractivity contribution in [3.63, 3.8) is 0 Å². The number of methoxy groups -OCH3 is 1. The van der Waals surface area contributed by atoms with Crippen LogP contribution in [0.15, 0.2) is 24.3 Å². The summed E-state index contributed by atoms with van der Waals surface area (Å²) < 4.78 is 5.11. The van der Waals surface area contributed by atoms with Gasteiger partial charge in [0.15, 0.2) is 0 Å². The summed E-state index contributed by atoms with van der Waals surface area (Å²) in [5, 5.41) is 31.0. The van der Waals surface area contributed by atoms with Gasteiger partial charge in [0.2, 0.25) is 5.91 Å². The zero-order valence-corrected chi connectivity index (χ0v) is 12.3. The van der Waals surface area contributed by atoms with Gasteiger partial charge in [0.25, 0.3) is 0 Å². The van der Waals surface area contributed by atoms with Gasteiger partial charge in [-0.3, -0.25) is 4.79 Å². The number of carbonyl (C=O) groups is 2. The zero-order chi connectivity index (χ0) is 16.7. The van der Waals surface area contributed by atoms with Crippen LogP contribution in [0.2, 0.25) is 0 Å². The number of rotatable bonds is 7. The van der Waals surface area contributed by atoms with Gasteiger partial charge in [-0.15, -0.1) is 0 Å². The Morgan fingerprint density at radius 2 is 2.05 bits per heavy atom. The molecule has 0 aliphatic carbocycles. The predicted octanol–water partition coefficient (Wildman–Crippen LogP) is 0.323. The van der Waals surface area contributed by atoms with Crippen LogP contribution in [0, 0.1) is 0 Å². The zero-order valence-electron chi connectivity index (χ0n) is 12.3. The summed E-state index contributed by atoms with van der Waals surface area (Å²) in [4.78, 5) is 21.4. The van der Waals surface area contributed by atoms with Crippen molar-refractivity contribution in [3.8, 4) is 5.75 Å². The van der Waals surface area contributed by atoms with E-state index in [0.29, 0.717) is 16.9 Å². The lowest BCUT2D eigenvalue weighted by molar-refractivity contribution is -0.131. The highest BCUT2D eigenvalue weighted by molar-refractivity contribution is 5.86. The van der Waals surface area contributed by atoms with Crippen molar-refractivity contribution in [2.45, 2.75) is 19.1 Å². The van der Waals surface area contributed by atoms with Gasteiger partial charge >= 0.3 is 5.97 Å². The molecule has 22 heavy (non-hydrogen) atoms. The lowest BCUT2D eigenvalue weighted by atomic mass is 10.0. The van der Waals surface area contributed by atoms with E-state index in [1.165, 1.54) is 26.2 Å². The van der Waals surface area contributed by atoms with Gasteiger partial charge in [-0.25, -0.2) is 4.79 Å². The first-order valence-electron chi connectivity index (χ1n) is 6.54. The van der Waals surface area contributed by atoms with Crippen molar-refractivity contribution in [2.24, 2.45) is 0 Å². The first kappa shape index (κ1) is 17.7. The van der Waals surface area contributed by atoms with E-state index in [4.69, 9.17) is 9.84 Å². The van der Waals surface area contributed by atoms with Gasteiger partial charge in [0.05, 0.1) is 7.11 Å². The molecule has 1 aromatic carbocycles. The number of amides is 1. The minimum Gasteiger partial charge on any atom is -0.496 e. The highest BCUT2D eigenvalue weighted by Gasteiger charge is 2.19. The van der Waals surface area contributed by atoms with E-state index >= 15 is 0 Å². The van der Waals surface area contributed by atoms with E-state index in [9.17, 15) is 19.8 Å². The number of aliphatic hydroxyl groups excluding tert-OH is 2. The molecule has 2 unspecified atom stereocenters. The smallest absolute Gasteiger partial charge is 0.328 e. The van der Waals surface area contributed by atoms with Crippen LogP contribution in [-0.2, 0) is 9.59 Å². The van der Waals surface area contributed by atoms with Crippen molar-refractivity contribution in [1.82, 2.24) is 5.32 Å². The molecule has 4 N–H and O–H groups in total. The SMILES string of the molecule is COc1ccc(C(O)C(O)CNC(C)=O)cc1/C=C/C(=O)O. The monoisotopic (exact) mass is 309 g/mol.